The SMILES string of the molecule is NN1C(=O)c2cc(F)c(F)cc2C1=O. The fourth-order valence-corrected chi connectivity index (χ4v) is 1.25. The molecule has 6 heteroatoms. The number of nitrogens with zero attached hydrogens (tertiary/aromatic N) is 1. The Kier molecular flexibility index (Phi) is 1.62. The van der Waals surface area contributed by atoms with E-state index in [9.17, 15) is 18.4 Å². The highest BCUT2D eigenvalue weighted by Gasteiger charge is 2.34. The van der Waals surface area contributed by atoms with Crippen LogP contribution in [0.2, 0.25) is 0 Å². The van der Waals surface area contributed by atoms with Crippen LogP contribution >= 0.6 is 0 Å². The van der Waals surface area contributed by atoms with Crippen molar-refractivity contribution in [3.8, 4) is 0 Å². The average Bonchev–Trinajstić information content (AvgIpc) is 2.34. The number of halogens is 2. The first-order chi connectivity index (χ1) is 6.52. The third kappa shape index (κ3) is 0.942. The van der Waals surface area contributed by atoms with Gasteiger partial charge in [0.25, 0.3) is 11.8 Å². The summed E-state index contributed by atoms with van der Waals surface area (Å²) < 4.78 is 25.4. The van der Waals surface area contributed by atoms with Gasteiger partial charge >= 0.3 is 0 Å². The van der Waals surface area contributed by atoms with E-state index in [1.165, 1.54) is 0 Å². The molecule has 0 radical (unpaired) electrons. The molecule has 2 amide bonds. The summed E-state index contributed by atoms with van der Waals surface area (Å²) in [6, 6.07) is 1.33. The Bertz CT molecular complexity index is 418. The fraction of sp³-hybridized carbons (Fsp3) is 0. The van der Waals surface area contributed by atoms with Gasteiger partial charge < -0.3 is 0 Å². The molecule has 0 bridgehead atoms. The minimum Gasteiger partial charge on any atom is -0.267 e. The minimum absolute atomic E-state index is 0.212. The van der Waals surface area contributed by atoms with Crippen LogP contribution in [0, 0.1) is 11.6 Å². The molecule has 2 N–H and O–H groups in total. The summed E-state index contributed by atoms with van der Waals surface area (Å²) in [5.41, 5.74) is -0.423. The van der Waals surface area contributed by atoms with Gasteiger partial charge in [0.15, 0.2) is 11.6 Å². The minimum atomic E-state index is -1.18. The lowest BCUT2D eigenvalue weighted by Gasteiger charge is -2.01. The van der Waals surface area contributed by atoms with E-state index in [1.807, 2.05) is 0 Å². The molecule has 14 heavy (non-hydrogen) atoms. The molecule has 0 aliphatic carbocycles. The van der Waals surface area contributed by atoms with E-state index in [0.29, 0.717) is 17.1 Å². The second kappa shape index (κ2) is 2.58. The standard InChI is InChI=1S/C8H4F2N2O2/c9-5-1-3-4(2-6(5)10)8(14)12(11)7(3)13/h1-2H,11H2. The van der Waals surface area contributed by atoms with Gasteiger partial charge in [-0.05, 0) is 12.1 Å². The second-order valence-electron chi connectivity index (χ2n) is 2.79. The molecule has 1 aliphatic heterocycles. The number of fused-ring (bicyclic) bond motifs is 1. The van der Waals surface area contributed by atoms with Crippen molar-refractivity contribution in [1.82, 2.24) is 5.01 Å². The molecule has 1 aromatic rings. The highest BCUT2D eigenvalue weighted by molar-refractivity contribution is 6.20. The van der Waals surface area contributed by atoms with E-state index in [0.717, 1.165) is 0 Å². The molecular formula is C8H4F2N2O2. The van der Waals surface area contributed by atoms with Crippen molar-refractivity contribution in [2.45, 2.75) is 0 Å². The van der Waals surface area contributed by atoms with E-state index in [2.05, 4.69) is 0 Å². The van der Waals surface area contributed by atoms with Gasteiger partial charge in [0.2, 0.25) is 0 Å². The quantitative estimate of drug-likeness (QED) is 0.373. The summed E-state index contributed by atoms with van der Waals surface area (Å²) in [4.78, 5) is 22.3. The molecule has 1 heterocycles. The van der Waals surface area contributed by atoms with Crippen molar-refractivity contribution < 1.29 is 18.4 Å². The smallest absolute Gasteiger partial charge is 0.267 e. The maximum atomic E-state index is 12.7. The molecule has 72 valence electrons. The van der Waals surface area contributed by atoms with Crippen LogP contribution < -0.4 is 5.84 Å². The van der Waals surface area contributed by atoms with Crippen molar-refractivity contribution in [2.24, 2.45) is 5.84 Å². The van der Waals surface area contributed by atoms with Crippen LogP contribution in [0.4, 0.5) is 8.78 Å². The number of carbonyl (C=O) groups is 2. The molecule has 2 rings (SSSR count). The van der Waals surface area contributed by atoms with Crippen molar-refractivity contribution in [1.29, 1.82) is 0 Å². The Hall–Kier alpha value is -1.82. The first-order valence-electron chi connectivity index (χ1n) is 3.65. The Balaban J connectivity index is 2.71. The molecule has 0 atom stereocenters. The Morgan fingerprint density at radius 3 is 1.71 bits per heavy atom. The number of hydrogen-bond donors (Lipinski definition) is 1. The molecule has 0 fully saturated rings. The Morgan fingerprint density at radius 2 is 1.36 bits per heavy atom. The topological polar surface area (TPSA) is 63.4 Å². The third-order valence-electron chi connectivity index (χ3n) is 1.96. The normalized spacial score (nSPS) is 14.9. The van der Waals surface area contributed by atoms with E-state index in [4.69, 9.17) is 5.84 Å². The van der Waals surface area contributed by atoms with Crippen LogP contribution in [0.25, 0.3) is 0 Å². The van der Waals surface area contributed by atoms with Gasteiger partial charge in [0, 0.05) is 0 Å². The van der Waals surface area contributed by atoms with Crippen LogP contribution in [-0.2, 0) is 0 Å². The lowest BCUT2D eigenvalue weighted by molar-refractivity contribution is 0.0653. The molecule has 0 spiro atoms. The zero-order valence-corrected chi connectivity index (χ0v) is 6.75. The van der Waals surface area contributed by atoms with Crippen LogP contribution in [0.5, 0.6) is 0 Å². The summed E-state index contributed by atoms with van der Waals surface area (Å²) in [5.74, 6) is 1.04. The number of hydrogen-bond acceptors (Lipinski definition) is 3. The second-order valence-corrected chi connectivity index (χ2v) is 2.79. The van der Waals surface area contributed by atoms with Gasteiger partial charge in [-0.25, -0.2) is 19.6 Å². The number of carbonyl (C=O) groups excluding carboxylic acids is 2. The number of nitrogens with two attached hydrogens (primary N) is 1. The predicted octanol–water partition coefficient (Wildman–Crippen LogP) is 0.435. The van der Waals surface area contributed by atoms with E-state index in [-0.39, 0.29) is 11.1 Å². The van der Waals surface area contributed by atoms with Crippen LogP contribution in [0.3, 0.4) is 0 Å². The Labute approximate surface area is 76.9 Å². The molecule has 1 aliphatic rings. The Morgan fingerprint density at radius 1 is 1.00 bits per heavy atom. The van der Waals surface area contributed by atoms with Crippen LogP contribution in [-0.4, -0.2) is 16.8 Å². The number of benzene rings is 1. The molecule has 0 saturated heterocycles. The molecule has 0 aromatic heterocycles. The van der Waals surface area contributed by atoms with Crippen molar-refractivity contribution in [2.75, 3.05) is 0 Å². The fourth-order valence-electron chi connectivity index (χ4n) is 1.25. The number of amides is 2. The largest absolute Gasteiger partial charge is 0.276 e. The summed E-state index contributed by atoms with van der Waals surface area (Å²) in [6.07, 6.45) is 0. The molecule has 0 unspecified atom stereocenters. The van der Waals surface area contributed by atoms with Crippen LogP contribution in [0.1, 0.15) is 20.7 Å². The van der Waals surface area contributed by atoms with Gasteiger partial charge in [-0.3, -0.25) is 9.59 Å². The van der Waals surface area contributed by atoms with Gasteiger partial charge in [-0.1, -0.05) is 0 Å². The zero-order chi connectivity index (χ0) is 10.5. The van der Waals surface area contributed by atoms with E-state index < -0.39 is 23.4 Å². The maximum absolute atomic E-state index is 12.7. The zero-order valence-electron chi connectivity index (χ0n) is 6.75. The molecular weight excluding hydrogens is 194 g/mol. The number of imide groups is 1. The lowest BCUT2D eigenvalue weighted by Crippen LogP contribution is -2.36. The maximum Gasteiger partial charge on any atom is 0.276 e. The van der Waals surface area contributed by atoms with Gasteiger partial charge in [-0.2, -0.15) is 0 Å². The molecule has 4 nitrogen and oxygen atoms in total. The van der Waals surface area contributed by atoms with Crippen molar-refractivity contribution in [3.05, 3.63) is 34.9 Å². The molecule has 0 saturated carbocycles. The van der Waals surface area contributed by atoms with E-state index >= 15 is 0 Å². The third-order valence-corrected chi connectivity index (χ3v) is 1.96. The number of hydrazine groups is 1. The summed E-state index contributed by atoms with van der Waals surface area (Å²) in [7, 11) is 0. The van der Waals surface area contributed by atoms with Crippen LogP contribution in [0.15, 0.2) is 12.1 Å². The molecule has 1 aromatic carbocycles. The van der Waals surface area contributed by atoms with Crippen molar-refractivity contribution in [3.63, 3.8) is 0 Å². The predicted molar refractivity (Wildman–Crippen MR) is 41.0 cm³/mol. The number of rotatable bonds is 0. The van der Waals surface area contributed by atoms with Gasteiger partial charge in [-0.15, -0.1) is 0 Å². The lowest BCUT2D eigenvalue weighted by atomic mass is 10.1. The van der Waals surface area contributed by atoms with Gasteiger partial charge in [0.05, 0.1) is 11.1 Å². The van der Waals surface area contributed by atoms with Gasteiger partial charge in [0.1, 0.15) is 0 Å². The highest BCUT2D eigenvalue weighted by Crippen LogP contribution is 2.22. The summed E-state index contributed by atoms with van der Waals surface area (Å²) in [6.45, 7) is 0. The van der Waals surface area contributed by atoms with Crippen molar-refractivity contribution >= 4 is 11.8 Å². The van der Waals surface area contributed by atoms with E-state index in [1.54, 1.807) is 0 Å². The average molecular weight is 198 g/mol. The summed E-state index contributed by atoms with van der Waals surface area (Å²) >= 11 is 0. The first kappa shape index (κ1) is 8.76. The monoisotopic (exact) mass is 198 g/mol. The summed E-state index contributed by atoms with van der Waals surface area (Å²) in [5, 5.41) is 0.323. The highest BCUT2D eigenvalue weighted by atomic mass is 19.2. The first-order valence-corrected chi connectivity index (χ1v) is 3.65.